The molecule has 0 radical (unpaired) electrons. The van der Waals surface area contributed by atoms with Crippen molar-refractivity contribution in [1.82, 2.24) is 10.2 Å². The molecule has 2 bridgehead atoms. The number of carbonyl (C=O) groups is 2. The third-order valence-electron chi connectivity index (χ3n) is 5.44. The monoisotopic (exact) mass is 342 g/mol. The maximum Gasteiger partial charge on any atom is 0.312 e. The number of likely N-dealkylation sites (tertiary alicyclic amines) is 1. The van der Waals surface area contributed by atoms with Gasteiger partial charge in [0, 0.05) is 18.6 Å². The van der Waals surface area contributed by atoms with Crippen LogP contribution in [-0.2, 0) is 19.4 Å². The van der Waals surface area contributed by atoms with Crippen molar-refractivity contribution >= 4 is 21.7 Å². The van der Waals surface area contributed by atoms with Crippen molar-refractivity contribution in [3.63, 3.8) is 0 Å². The molecule has 7 heteroatoms. The smallest absolute Gasteiger partial charge is 0.312 e. The molecule has 2 aliphatic heterocycles. The van der Waals surface area contributed by atoms with E-state index >= 15 is 0 Å². The van der Waals surface area contributed by atoms with Crippen LogP contribution in [0.5, 0.6) is 0 Å². The second-order valence-electron chi connectivity index (χ2n) is 8.72. The summed E-state index contributed by atoms with van der Waals surface area (Å²) < 4.78 is 22.9. The van der Waals surface area contributed by atoms with Gasteiger partial charge in [-0.1, -0.05) is 20.8 Å². The van der Waals surface area contributed by atoms with Crippen molar-refractivity contribution in [2.24, 2.45) is 10.8 Å². The first kappa shape index (κ1) is 16.7. The summed E-state index contributed by atoms with van der Waals surface area (Å²) in [7, 11) is -3.06. The predicted octanol–water partition coefficient (Wildman–Crippen LogP) is 0.717. The summed E-state index contributed by atoms with van der Waals surface area (Å²) in [6, 6.07) is -0.306. The molecule has 2 saturated heterocycles. The summed E-state index contributed by atoms with van der Waals surface area (Å²) in [6.45, 7) is 7.25. The molecule has 3 rings (SSSR count). The van der Waals surface area contributed by atoms with Gasteiger partial charge in [0.1, 0.15) is 0 Å². The minimum atomic E-state index is -3.06. The molecule has 1 saturated carbocycles. The van der Waals surface area contributed by atoms with E-state index < -0.39 is 27.7 Å². The summed E-state index contributed by atoms with van der Waals surface area (Å²) >= 11 is 0. The summed E-state index contributed by atoms with van der Waals surface area (Å²) in [5, 5.41) is 2.61. The lowest BCUT2D eigenvalue weighted by atomic mass is 9.65. The van der Waals surface area contributed by atoms with Gasteiger partial charge in [0.15, 0.2) is 9.84 Å². The van der Waals surface area contributed by atoms with E-state index in [2.05, 4.69) is 26.1 Å². The van der Waals surface area contributed by atoms with Crippen LogP contribution in [0.4, 0.5) is 0 Å². The van der Waals surface area contributed by atoms with Crippen LogP contribution in [0, 0.1) is 10.8 Å². The predicted molar refractivity (Wildman–Crippen MR) is 86.4 cm³/mol. The molecule has 1 N–H and O–H groups in total. The third kappa shape index (κ3) is 3.39. The van der Waals surface area contributed by atoms with Crippen molar-refractivity contribution in [3.05, 3.63) is 0 Å². The molecule has 0 aromatic heterocycles. The zero-order valence-corrected chi connectivity index (χ0v) is 14.9. The molecule has 3 unspecified atom stereocenters. The van der Waals surface area contributed by atoms with E-state index in [1.807, 2.05) is 0 Å². The Morgan fingerprint density at radius 1 is 1.17 bits per heavy atom. The van der Waals surface area contributed by atoms with Crippen molar-refractivity contribution in [1.29, 1.82) is 0 Å². The van der Waals surface area contributed by atoms with Gasteiger partial charge in [0.05, 0.1) is 11.5 Å². The molecule has 0 aromatic rings. The number of nitrogens with one attached hydrogen (secondary N) is 1. The van der Waals surface area contributed by atoms with E-state index in [-0.39, 0.29) is 28.4 Å². The van der Waals surface area contributed by atoms with Gasteiger partial charge in [-0.2, -0.15) is 0 Å². The van der Waals surface area contributed by atoms with Crippen molar-refractivity contribution < 1.29 is 18.0 Å². The lowest BCUT2D eigenvalue weighted by Gasteiger charge is -2.39. The molecule has 23 heavy (non-hydrogen) atoms. The molecule has 130 valence electrons. The van der Waals surface area contributed by atoms with Gasteiger partial charge in [0.25, 0.3) is 0 Å². The topological polar surface area (TPSA) is 83.6 Å². The Hall–Kier alpha value is -1.11. The molecule has 0 aromatic carbocycles. The van der Waals surface area contributed by atoms with Gasteiger partial charge in [-0.15, -0.1) is 0 Å². The normalized spacial score (nSPS) is 37.6. The van der Waals surface area contributed by atoms with Crippen LogP contribution in [0.2, 0.25) is 0 Å². The first-order chi connectivity index (χ1) is 10.5. The largest absolute Gasteiger partial charge is 0.344 e. The highest BCUT2D eigenvalue weighted by Crippen LogP contribution is 2.52. The second-order valence-corrected chi connectivity index (χ2v) is 10.9. The minimum absolute atomic E-state index is 0.0554. The van der Waals surface area contributed by atoms with Gasteiger partial charge in [0.2, 0.25) is 0 Å². The number of carbonyl (C=O) groups excluding carboxylic acids is 2. The fourth-order valence-corrected chi connectivity index (χ4v) is 6.66. The van der Waals surface area contributed by atoms with Crippen molar-refractivity contribution in [3.8, 4) is 0 Å². The molecule has 2 amide bonds. The summed E-state index contributed by atoms with van der Waals surface area (Å²) in [5.41, 5.74) is 0.266. The Labute approximate surface area is 137 Å². The molecule has 6 nitrogen and oxygen atoms in total. The minimum Gasteiger partial charge on any atom is -0.344 e. The Balaban J connectivity index is 1.66. The van der Waals surface area contributed by atoms with Gasteiger partial charge in [-0.3, -0.25) is 9.59 Å². The lowest BCUT2D eigenvalue weighted by molar-refractivity contribution is -0.147. The Bertz CT molecular complexity index is 642. The third-order valence-corrected chi connectivity index (χ3v) is 7.21. The number of hydrogen-bond donors (Lipinski definition) is 1. The fraction of sp³-hybridized carbons (Fsp3) is 0.875. The van der Waals surface area contributed by atoms with Gasteiger partial charge in [-0.05, 0) is 36.5 Å². The molecule has 3 aliphatic rings. The van der Waals surface area contributed by atoms with Crippen LogP contribution < -0.4 is 5.32 Å². The molecule has 1 aliphatic carbocycles. The molecule has 2 heterocycles. The first-order valence-electron chi connectivity index (χ1n) is 8.31. The number of nitrogens with zero attached hydrogens (tertiary/aromatic N) is 1. The Kier molecular flexibility index (Phi) is 3.78. The number of rotatable bonds is 1. The summed E-state index contributed by atoms with van der Waals surface area (Å²) in [4.78, 5) is 26.5. The fourth-order valence-electron chi connectivity index (χ4n) is 4.98. The zero-order chi connectivity index (χ0) is 17.0. The quantitative estimate of drug-likeness (QED) is 0.712. The van der Waals surface area contributed by atoms with Gasteiger partial charge < -0.3 is 10.2 Å². The highest BCUT2D eigenvalue weighted by atomic mass is 32.2. The van der Waals surface area contributed by atoms with Crippen LogP contribution in [0.15, 0.2) is 0 Å². The molecule has 0 spiro atoms. The van der Waals surface area contributed by atoms with E-state index in [9.17, 15) is 18.0 Å². The highest BCUT2D eigenvalue weighted by molar-refractivity contribution is 7.91. The second kappa shape index (κ2) is 5.19. The van der Waals surface area contributed by atoms with E-state index in [1.165, 1.54) is 0 Å². The molecule has 3 atom stereocenters. The summed E-state index contributed by atoms with van der Waals surface area (Å²) in [6.07, 6.45) is 3.32. The number of amides is 2. The van der Waals surface area contributed by atoms with Crippen molar-refractivity contribution in [2.75, 3.05) is 18.1 Å². The van der Waals surface area contributed by atoms with Crippen LogP contribution in [0.1, 0.15) is 46.5 Å². The van der Waals surface area contributed by atoms with E-state index in [0.29, 0.717) is 13.0 Å². The van der Waals surface area contributed by atoms with Crippen LogP contribution in [0.25, 0.3) is 0 Å². The highest BCUT2D eigenvalue weighted by Gasteiger charge is 2.51. The number of fused-ring (bicyclic) bond motifs is 2. The first-order valence-corrected chi connectivity index (χ1v) is 10.1. The molecule has 3 fully saturated rings. The maximum atomic E-state index is 12.6. The van der Waals surface area contributed by atoms with Crippen molar-refractivity contribution in [2.45, 2.75) is 58.5 Å². The molecular formula is C16H26N2O4S. The lowest BCUT2D eigenvalue weighted by Crippen LogP contribution is -2.48. The Morgan fingerprint density at radius 3 is 2.48 bits per heavy atom. The Morgan fingerprint density at radius 2 is 1.87 bits per heavy atom. The van der Waals surface area contributed by atoms with Gasteiger partial charge >= 0.3 is 11.8 Å². The van der Waals surface area contributed by atoms with Gasteiger partial charge in [-0.25, -0.2) is 8.42 Å². The standard InChI is InChI=1S/C16H26N2O4S/c1-15(2)6-12-7-16(3,9-15)10-18(12)14(20)13(19)17-11-4-5-23(21,22)8-11/h11-12H,4-10H2,1-3H3,(H,17,19). The van der Waals surface area contributed by atoms with E-state index in [0.717, 1.165) is 19.3 Å². The number of hydrogen-bond acceptors (Lipinski definition) is 4. The number of sulfone groups is 1. The van der Waals surface area contributed by atoms with E-state index in [1.54, 1.807) is 4.90 Å². The average Bonchev–Trinajstić information content (AvgIpc) is 2.83. The molecular weight excluding hydrogens is 316 g/mol. The van der Waals surface area contributed by atoms with E-state index in [4.69, 9.17) is 0 Å². The zero-order valence-electron chi connectivity index (χ0n) is 14.1. The van der Waals surface area contributed by atoms with Crippen LogP contribution in [-0.4, -0.2) is 55.3 Å². The average molecular weight is 342 g/mol. The van der Waals surface area contributed by atoms with Crippen LogP contribution in [0.3, 0.4) is 0 Å². The summed E-state index contributed by atoms with van der Waals surface area (Å²) in [5.74, 6) is -1.12. The SMILES string of the molecule is CC1(C)CC2CC(C)(CN2C(=O)C(=O)NC2CCS(=O)(=O)C2)C1. The maximum absolute atomic E-state index is 12.6. The van der Waals surface area contributed by atoms with Crippen LogP contribution >= 0.6 is 0 Å².